The van der Waals surface area contributed by atoms with Crippen molar-refractivity contribution in [2.75, 3.05) is 12.4 Å². The summed E-state index contributed by atoms with van der Waals surface area (Å²) in [5.74, 6) is 2.56. The van der Waals surface area contributed by atoms with Crippen LogP contribution in [-0.4, -0.2) is 12.4 Å². The summed E-state index contributed by atoms with van der Waals surface area (Å²) < 4.78 is 5.64. The van der Waals surface area contributed by atoms with E-state index < -0.39 is 0 Å². The Kier molecular flexibility index (Phi) is 6.39. The molecule has 1 aromatic rings. The Balaban J connectivity index is 2.39. The van der Waals surface area contributed by atoms with Crippen molar-refractivity contribution in [1.29, 1.82) is 0 Å². The highest BCUT2D eigenvalue weighted by Crippen LogP contribution is 2.21. The van der Waals surface area contributed by atoms with E-state index in [0.29, 0.717) is 5.92 Å². The van der Waals surface area contributed by atoms with Crippen LogP contribution in [0.4, 0.5) is 0 Å². The average molecular weight is 238 g/mol. The van der Waals surface area contributed by atoms with E-state index in [4.69, 9.17) is 4.74 Å². The minimum Gasteiger partial charge on any atom is -0.494 e. The summed E-state index contributed by atoms with van der Waals surface area (Å²) in [6.07, 6.45) is 3.38. The lowest BCUT2D eigenvalue weighted by Crippen LogP contribution is -1.98. The van der Waals surface area contributed by atoms with Gasteiger partial charge in [0, 0.05) is 0 Å². The summed E-state index contributed by atoms with van der Waals surface area (Å²) in [6.45, 7) is 5.26. The molecule has 1 rings (SSSR count). The molecule has 0 aromatic heterocycles. The SMILES string of the molecule is CCC(C)c1ccc(OCCCCS)cc1. The molecule has 1 nitrogen and oxygen atoms in total. The highest BCUT2D eigenvalue weighted by Gasteiger charge is 2.02. The first-order valence-corrected chi connectivity index (χ1v) is 6.74. The summed E-state index contributed by atoms with van der Waals surface area (Å²) in [6, 6.07) is 8.48. The molecular weight excluding hydrogens is 216 g/mol. The van der Waals surface area contributed by atoms with Crippen LogP contribution in [0.15, 0.2) is 24.3 Å². The van der Waals surface area contributed by atoms with Crippen molar-refractivity contribution in [3.05, 3.63) is 29.8 Å². The summed E-state index contributed by atoms with van der Waals surface area (Å²) in [5.41, 5.74) is 1.39. The number of hydrogen-bond donors (Lipinski definition) is 1. The molecule has 0 aliphatic heterocycles. The van der Waals surface area contributed by atoms with E-state index in [1.807, 2.05) is 0 Å². The Morgan fingerprint density at radius 1 is 1.19 bits per heavy atom. The molecule has 2 heteroatoms. The second-order valence-electron chi connectivity index (χ2n) is 4.16. The predicted molar refractivity (Wildman–Crippen MR) is 73.7 cm³/mol. The molecule has 0 N–H and O–H groups in total. The molecule has 0 spiro atoms. The molecule has 16 heavy (non-hydrogen) atoms. The molecule has 0 saturated carbocycles. The minimum atomic E-state index is 0.637. The first kappa shape index (κ1) is 13.4. The fourth-order valence-corrected chi connectivity index (χ4v) is 1.76. The van der Waals surface area contributed by atoms with Crippen molar-refractivity contribution in [3.8, 4) is 5.75 Å². The third-order valence-corrected chi connectivity index (χ3v) is 3.20. The van der Waals surface area contributed by atoms with E-state index in [1.165, 1.54) is 12.0 Å². The maximum Gasteiger partial charge on any atom is 0.119 e. The molecule has 0 saturated heterocycles. The van der Waals surface area contributed by atoms with E-state index in [2.05, 4.69) is 50.7 Å². The monoisotopic (exact) mass is 238 g/mol. The normalized spacial score (nSPS) is 12.4. The van der Waals surface area contributed by atoms with Gasteiger partial charge < -0.3 is 4.74 Å². The van der Waals surface area contributed by atoms with Crippen LogP contribution in [0.25, 0.3) is 0 Å². The second-order valence-corrected chi connectivity index (χ2v) is 4.60. The first-order chi connectivity index (χ1) is 7.77. The van der Waals surface area contributed by atoms with E-state index >= 15 is 0 Å². The van der Waals surface area contributed by atoms with Gasteiger partial charge in [-0.1, -0.05) is 26.0 Å². The Bertz CT molecular complexity index is 281. The van der Waals surface area contributed by atoms with Crippen molar-refractivity contribution in [2.45, 2.75) is 39.0 Å². The fraction of sp³-hybridized carbons (Fsp3) is 0.571. The van der Waals surface area contributed by atoms with Gasteiger partial charge in [0.1, 0.15) is 5.75 Å². The van der Waals surface area contributed by atoms with E-state index in [9.17, 15) is 0 Å². The predicted octanol–water partition coefficient (Wildman–Crippen LogP) is 4.29. The molecular formula is C14H22OS. The fourth-order valence-electron chi connectivity index (χ4n) is 1.53. The van der Waals surface area contributed by atoms with Gasteiger partial charge in [0.05, 0.1) is 6.61 Å². The number of rotatable bonds is 7. The number of hydrogen-bond acceptors (Lipinski definition) is 2. The van der Waals surface area contributed by atoms with Crippen LogP contribution in [0.1, 0.15) is 44.6 Å². The van der Waals surface area contributed by atoms with Gasteiger partial charge in [-0.25, -0.2) is 0 Å². The molecule has 0 aliphatic rings. The zero-order chi connectivity index (χ0) is 11.8. The standard InChI is InChI=1S/C14H22OS/c1-3-12(2)13-6-8-14(9-7-13)15-10-4-5-11-16/h6-9,12,16H,3-5,10-11H2,1-2H3. The van der Waals surface area contributed by atoms with Crippen LogP contribution < -0.4 is 4.74 Å². The Hall–Kier alpha value is -0.630. The smallest absolute Gasteiger partial charge is 0.119 e. The van der Waals surface area contributed by atoms with Crippen LogP contribution in [0, 0.1) is 0 Å². The second kappa shape index (κ2) is 7.61. The summed E-state index contributed by atoms with van der Waals surface area (Å²) in [7, 11) is 0. The van der Waals surface area contributed by atoms with Gasteiger partial charge in [0.25, 0.3) is 0 Å². The molecule has 0 aliphatic carbocycles. The largest absolute Gasteiger partial charge is 0.494 e. The summed E-state index contributed by atoms with van der Waals surface area (Å²) in [5, 5.41) is 0. The number of ether oxygens (including phenoxy) is 1. The van der Waals surface area contributed by atoms with Gasteiger partial charge in [0.2, 0.25) is 0 Å². The van der Waals surface area contributed by atoms with Gasteiger partial charge in [-0.3, -0.25) is 0 Å². The summed E-state index contributed by atoms with van der Waals surface area (Å²) in [4.78, 5) is 0. The molecule has 1 atom stereocenters. The van der Waals surface area contributed by atoms with Crippen LogP contribution in [-0.2, 0) is 0 Å². The van der Waals surface area contributed by atoms with Crippen molar-refractivity contribution < 1.29 is 4.74 Å². The quantitative estimate of drug-likeness (QED) is 0.551. The molecule has 0 amide bonds. The van der Waals surface area contributed by atoms with Crippen LogP contribution in [0.3, 0.4) is 0 Å². The van der Waals surface area contributed by atoms with Gasteiger partial charge in [-0.15, -0.1) is 0 Å². The number of benzene rings is 1. The topological polar surface area (TPSA) is 9.23 Å². The third-order valence-electron chi connectivity index (χ3n) is 2.88. The molecule has 0 bridgehead atoms. The molecule has 0 radical (unpaired) electrons. The van der Waals surface area contributed by atoms with Gasteiger partial charge in [-0.2, -0.15) is 12.6 Å². The molecule has 0 heterocycles. The lowest BCUT2D eigenvalue weighted by Gasteiger charge is -2.10. The Morgan fingerprint density at radius 2 is 1.88 bits per heavy atom. The molecule has 1 aromatic carbocycles. The summed E-state index contributed by atoms with van der Waals surface area (Å²) >= 11 is 4.17. The Labute approximate surface area is 105 Å². The maximum absolute atomic E-state index is 5.64. The van der Waals surface area contributed by atoms with E-state index in [-0.39, 0.29) is 0 Å². The lowest BCUT2D eigenvalue weighted by molar-refractivity contribution is 0.310. The highest BCUT2D eigenvalue weighted by atomic mass is 32.1. The van der Waals surface area contributed by atoms with Crippen molar-refractivity contribution in [1.82, 2.24) is 0 Å². The molecule has 90 valence electrons. The third kappa shape index (κ3) is 4.48. The Morgan fingerprint density at radius 3 is 2.44 bits per heavy atom. The number of thiol groups is 1. The van der Waals surface area contributed by atoms with Crippen LogP contribution >= 0.6 is 12.6 Å². The average Bonchev–Trinajstić information content (AvgIpc) is 2.34. The van der Waals surface area contributed by atoms with Crippen molar-refractivity contribution in [3.63, 3.8) is 0 Å². The van der Waals surface area contributed by atoms with E-state index in [1.54, 1.807) is 0 Å². The highest BCUT2D eigenvalue weighted by molar-refractivity contribution is 7.80. The first-order valence-electron chi connectivity index (χ1n) is 6.11. The van der Waals surface area contributed by atoms with Crippen molar-refractivity contribution >= 4 is 12.6 Å². The van der Waals surface area contributed by atoms with Crippen molar-refractivity contribution in [2.24, 2.45) is 0 Å². The van der Waals surface area contributed by atoms with E-state index in [0.717, 1.165) is 31.0 Å². The zero-order valence-electron chi connectivity index (χ0n) is 10.3. The van der Waals surface area contributed by atoms with Crippen LogP contribution in [0.5, 0.6) is 5.75 Å². The van der Waals surface area contributed by atoms with Gasteiger partial charge >= 0.3 is 0 Å². The van der Waals surface area contributed by atoms with Gasteiger partial charge in [-0.05, 0) is 48.6 Å². The zero-order valence-corrected chi connectivity index (χ0v) is 11.2. The molecule has 0 fully saturated rings. The minimum absolute atomic E-state index is 0.637. The van der Waals surface area contributed by atoms with Gasteiger partial charge in [0.15, 0.2) is 0 Å². The number of unbranched alkanes of at least 4 members (excludes halogenated alkanes) is 1. The maximum atomic E-state index is 5.64. The molecule has 1 unspecified atom stereocenters. The lowest BCUT2D eigenvalue weighted by atomic mass is 9.99. The van der Waals surface area contributed by atoms with Crippen LogP contribution in [0.2, 0.25) is 0 Å².